The van der Waals surface area contributed by atoms with Gasteiger partial charge in [-0.25, -0.2) is 0 Å². The van der Waals surface area contributed by atoms with Crippen LogP contribution in [0.1, 0.15) is 52.7 Å². The molecule has 1 aliphatic heterocycles. The van der Waals surface area contributed by atoms with E-state index >= 15 is 0 Å². The zero-order chi connectivity index (χ0) is 24.3. The first-order valence-corrected chi connectivity index (χ1v) is 11.9. The number of benzene rings is 2. The van der Waals surface area contributed by atoms with Gasteiger partial charge in [0.1, 0.15) is 22.8 Å². The zero-order valence-corrected chi connectivity index (χ0v) is 20.5. The van der Waals surface area contributed by atoms with Crippen molar-refractivity contribution < 1.29 is 19.1 Å². The third-order valence-electron chi connectivity index (χ3n) is 5.69. The van der Waals surface area contributed by atoms with Crippen molar-refractivity contribution in [3.63, 3.8) is 0 Å². The fourth-order valence-corrected chi connectivity index (χ4v) is 4.67. The molecule has 2 N–H and O–H groups in total. The number of hydrogen-bond donors (Lipinski definition) is 2. The van der Waals surface area contributed by atoms with Crippen molar-refractivity contribution in [1.82, 2.24) is 10.6 Å². The highest BCUT2D eigenvalue weighted by molar-refractivity contribution is 7.10. The molecule has 0 bridgehead atoms. The van der Waals surface area contributed by atoms with Gasteiger partial charge in [0.2, 0.25) is 0 Å². The minimum absolute atomic E-state index is 0.185. The van der Waals surface area contributed by atoms with Crippen LogP contribution < -0.4 is 20.1 Å². The Bertz CT molecular complexity index is 1230. The molecule has 6 nitrogen and oxygen atoms in total. The summed E-state index contributed by atoms with van der Waals surface area (Å²) in [6, 6.07) is 16.3. The summed E-state index contributed by atoms with van der Waals surface area (Å²) >= 11 is 1.49. The van der Waals surface area contributed by atoms with Crippen molar-refractivity contribution in [3.8, 4) is 11.5 Å². The highest BCUT2D eigenvalue weighted by Crippen LogP contribution is 2.41. The van der Waals surface area contributed by atoms with Crippen molar-refractivity contribution in [2.45, 2.75) is 38.8 Å². The topological polar surface area (TPSA) is 76.7 Å². The van der Waals surface area contributed by atoms with Crippen LogP contribution in [0.4, 0.5) is 0 Å². The largest absolute Gasteiger partial charge is 0.497 e. The quantitative estimate of drug-likeness (QED) is 0.476. The van der Waals surface area contributed by atoms with E-state index in [4.69, 9.17) is 9.47 Å². The van der Waals surface area contributed by atoms with Crippen molar-refractivity contribution in [3.05, 3.63) is 87.2 Å². The van der Waals surface area contributed by atoms with Gasteiger partial charge in [-0.15, -0.1) is 11.3 Å². The lowest BCUT2D eigenvalue weighted by atomic mass is 9.89. The van der Waals surface area contributed by atoms with E-state index in [-0.39, 0.29) is 23.6 Å². The SMILES string of the molecule is COc1ccc2c(c1)C(NC(=O)/C(=C/c1cccs1)NC(=O)c1ccccc1C)CC(C)(C)O2. The van der Waals surface area contributed by atoms with Gasteiger partial charge in [0.25, 0.3) is 11.8 Å². The van der Waals surface area contributed by atoms with Crippen molar-refractivity contribution >= 4 is 29.2 Å². The van der Waals surface area contributed by atoms with Gasteiger partial charge in [0.05, 0.1) is 13.2 Å². The minimum atomic E-state index is -0.471. The summed E-state index contributed by atoms with van der Waals surface area (Å²) in [6.07, 6.45) is 2.27. The number of carbonyl (C=O) groups is 2. The normalized spacial score (nSPS) is 16.7. The Labute approximate surface area is 203 Å². The fourth-order valence-electron chi connectivity index (χ4n) is 4.02. The molecule has 1 aliphatic rings. The highest BCUT2D eigenvalue weighted by atomic mass is 32.1. The van der Waals surface area contributed by atoms with Crippen LogP contribution in [-0.4, -0.2) is 24.5 Å². The average Bonchev–Trinajstić information content (AvgIpc) is 3.31. The Morgan fingerprint density at radius 3 is 2.65 bits per heavy atom. The molecule has 34 heavy (non-hydrogen) atoms. The summed E-state index contributed by atoms with van der Waals surface area (Å²) in [5, 5.41) is 7.87. The molecular formula is C27H28N2O4S. The van der Waals surface area contributed by atoms with Gasteiger partial charge in [-0.3, -0.25) is 9.59 Å². The predicted octanol–water partition coefficient (Wildman–Crippen LogP) is 5.25. The standard InChI is InChI=1S/C27H28N2O4S/c1-17-8-5-6-10-20(17)25(30)28-22(15-19-9-7-13-34-19)26(31)29-23-16-27(2,3)33-24-12-11-18(32-4)14-21(23)24/h5-15,23H,16H2,1-4H3,(H,28,30)(H,29,31)/b22-15-. The van der Waals surface area contributed by atoms with Crippen LogP contribution in [0.2, 0.25) is 0 Å². The molecule has 0 saturated heterocycles. The van der Waals surface area contributed by atoms with Gasteiger partial charge in [-0.05, 0) is 68.1 Å². The Balaban J connectivity index is 1.64. The number of fused-ring (bicyclic) bond motifs is 1. The van der Waals surface area contributed by atoms with E-state index in [0.717, 1.165) is 16.0 Å². The van der Waals surface area contributed by atoms with E-state index in [1.54, 1.807) is 25.3 Å². The second-order valence-electron chi connectivity index (χ2n) is 8.84. The Hall–Kier alpha value is -3.58. The Morgan fingerprint density at radius 2 is 1.94 bits per heavy atom. The maximum atomic E-state index is 13.5. The molecule has 1 unspecified atom stereocenters. The summed E-state index contributed by atoms with van der Waals surface area (Å²) in [5.41, 5.74) is 1.91. The first-order valence-electron chi connectivity index (χ1n) is 11.1. The first-order chi connectivity index (χ1) is 16.3. The lowest BCUT2D eigenvalue weighted by molar-refractivity contribution is -0.119. The molecule has 2 heterocycles. The van der Waals surface area contributed by atoms with E-state index in [1.165, 1.54) is 11.3 Å². The summed E-state index contributed by atoms with van der Waals surface area (Å²) in [7, 11) is 1.60. The van der Waals surface area contributed by atoms with Crippen molar-refractivity contribution in [1.29, 1.82) is 0 Å². The molecule has 0 saturated carbocycles. The summed E-state index contributed by atoms with van der Waals surface area (Å²) < 4.78 is 11.5. The van der Waals surface area contributed by atoms with E-state index in [2.05, 4.69) is 10.6 Å². The first kappa shape index (κ1) is 23.6. The molecule has 0 radical (unpaired) electrons. The number of hydrogen-bond acceptors (Lipinski definition) is 5. The van der Waals surface area contributed by atoms with Crippen LogP contribution in [-0.2, 0) is 4.79 Å². The van der Waals surface area contributed by atoms with Crippen molar-refractivity contribution in [2.24, 2.45) is 0 Å². The number of thiophene rings is 1. The minimum Gasteiger partial charge on any atom is -0.497 e. The number of amides is 2. The summed E-state index contributed by atoms with van der Waals surface area (Å²) in [6.45, 7) is 5.84. The van der Waals surface area contributed by atoms with E-state index in [1.807, 2.05) is 68.6 Å². The van der Waals surface area contributed by atoms with Crippen LogP contribution in [0, 0.1) is 6.92 Å². The van der Waals surface area contributed by atoms with Crippen LogP contribution in [0.3, 0.4) is 0 Å². The molecule has 0 fully saturated rings. The lowest BCUT2D eigenvalue weighted by Gasteiger charge is -2.38. The Kier molecular flexibility index (Phi) is 6.75. The predicted molar refractivity (Wildman–Crippen MR) is 134 cm³/mol. The van der Waals surface area contributed by atoms with Gasteiger partial charge < -0.3 is 20.1 Å². The monoisotopic (exact) mass is 476 g/mol. The molecule has 0 aliphatic carbocycles. The van der Waals surface area contributed by atoms with Gasteiger partial charge in [0, 0.05) is 22.4 Å². The van der Waals surface area contributed by atoms with E-state index in [9.17, 15) is 9.59 Å². The third kappa shape index (κ3) is 5.31. The van der Waals surface area contributed by atoms with Crippen LogP contribution >= 0.6 is 11.3 Å². The number of aryl methyl sites for hydroxylation is 1. The van der Waals surface area contributed by atoms with Gasteiger partial charge in [-0.1, -0.05) is 24.3 Å². The zero-order valence-electron chi connectivity index (χ0n) is 19.7. The number of nitrogens with one attached hydrogen (secondary N) is 2. The number of methoxy groups -OCH3 is 1. The second kappa shape index (κ2) is 9.73. The van der Waals surface area contributed by atoms with Gasteiger partial charge >= 0.3 is 0 Å². The molecule has 4 rings (SSSR count). The Morgan fingerprint density at radius 1 is 1.15 bits per heavy atom. The highest BCUT2D eigenvalue weighted by Gasteiger charge is 2.35. The number of ether oxygens (including phenoxy) is 2. The number of carbonyl (C=O) groups excluding carboxylic acids is 2. The van der Waals surface area contributed by atoms with Crippen LogP contribution in [0.5, 0.6) is 11.5 Å². The van der Waals surface area contributed by atoms with E-state index in [0.29, 0.717) is 23.5 Å². The molecule has 1 aromatic heterocycles. The fraction of sp³-hybridized carbons (Fsp3) is 0.259. The summed E-state index contributed by atoms with van der Waals surface area (Å²) in [5.74, 6) is 0.691. The molecule has 3 aromatic rings. The molecule has 2 aromatic carbocycles. The van der Waals surface area contributed by atoms with Crippen LogP contribution in [0.25, 0.3) is 6.08 Å². The van der Waals surface area contributed by atoms with Gasteiger partial charge in [0.15, 0.2) is 0 Å². The number of rotatable bonds is 6. The second-order valence-corrected chi connectivity index (χ2v) is 9.82. The molecular weight excluding hydrogens is 448 g/mol. The average molecular weight is 477 g/mol. The lowest BCUT2D eigenvalue weighted by Crippen LogP contribution is -2.43. The maximum absolute atomic E-state index is 13.5. The summed E-state index contributed by atoms with van der Waals surface area (Å²) in [4.78, 5) is 27.4. The third-order valence-corrected chi connectivity index (χ3v) is 6.51. The van der Waals surface area contributed by atoms with Gasteiger partial charge in [-0.2, -0.15) is 0 Å². The molecule has 1 atom stereocenters. The smallest absolute Gasteiger partial charge is 0.268 e. The molecule has 176 valence electrons. The van der Waals surface area contributed by atoms with Crippen LogP contribution in [0.15, 0.2) is 65.7 Å². The maximum Gasteiger partial charge on any atom is 0.268 e. The van der Waals surface area contributed by atoms with Crippen molar-refractivity contribution in [2.75, 3.05) is 7.11 Å². The molecule has 0 spiro atoms. The van der Waals surface area contributed by atoms with E-state index < -0.39 is 5.60 Å². The molecule has 2 amide bonds. The molecule has 7 heteroatoms.